The zero-order chi connectivity index (χ0) is 25.9. The van der Waals surface area contributed by atoms with Crippen LogP contribution < -0.4 is 4.74 Å². The number of nitrogens with zero attached hydrogens (tertiary/aromatic N) is 1. The van der Waals surface area contributed by atoms with Crippen LogP contribution >= 0.6 is 0 Å². The summed E-state index contributed by atoms with van der Waals surface area (Å²) >= 11 is 0. The third kappa shape index (κ3) is 5.62. The van der Waals surface area contributed by atoms with E-state index in [0.717, 1.165) is 29.7 Å². The summed E-state index contributed by atoms with van der Waals surface area (Å²) in [4.78, 5) is 25.3. The third-order valence-corrected chi connectivity index (χ3v) is 6.10. The molecule has 3 aromatic carbocycles. The maximum Gasteiger partial charge on any atom is 0.416 e. The third-order valence-electron chi connectivity index (χ3n) is 6.10. The lowest BCUT2D eigenvalue weighted by Crippen LogP contribution is -2.33. The fraction of sp³-hybridized carbons (Fsp3) is 0.259. The number of alkyl halides is 3. The average molecular weight is 499 g/mol. The van der Waals surface area contributed by atoms with Gasteiger partial charge in [0, 0.05) is 5.56 Å². The minimum Gasteiger partial charge on any atom is -0.481 e. The molecule has 0 unspecified atom stereocenters. The van der Waals surface area contributed by atoms with Crippen molar-refractivity contribution in [2.45, 2.75) is 38.0 Å². The number of hydrogen-bond donors (Lipinski definition) is 1. The van der Waals surface area contributed by atoms with E-state index in [1.807, 2.05) is 24.3 Å². The smallest absolute Gasteiger partial charge is 0.416 e. The zero-order valence-electron chi connectivity index (χ0n) is 19.4. The number of carboxylic acids is 1. The summed E-state index contributed by atoms with van der Waals surface area (Å²) in [5, 5.41) is 9.05. The van der Waals surface area contributed by atoms with Gasteiger partial charge in [-0.1, -0.05) is 36.4 Å². The predicted molar refractivity (Wildman–Crippen MR) is 125 cm³/mol. The van der Waals surface area contributed by atoms with Crippen molar-refractivity contribution in [3.8, 4) is 11.5 Å². The van der Waals surface area contributed by atoms with Gasteiger partial charge in [-0.3, -0.25) is 9.69 Å². The van der Waals surface area contributed by atoms with Crippen LogP contribution in [0.4, 0.5) is 18.0 Å². The molecule has 1 amide bonds. The molecule has 1 N–H and O–H groups in total. The number of methoxy groups -OCH3 is 1. The Bertz CT molecular complexity index is 1270. The van der Waals surface area contributed by atoms with Crippen LogP contribution in [0.2, 0.25) is 0 Å². The van der Waals surface area contributed by atoms with Gasteiger partial charge in [0.15, 0.2) is 0 Å². The summed E-state index contributed by atoms with van der Waals surface area (Å²) in [6, 6.07) is 16.7. The van der Waals surface area contributed by atoms with Gasteiger partial charge < -0.3 is 14.6 Å². The van der Waals surface area contributed by atoms with Crippen LogP contribution in [0.25, 0.3) is 0 Å². The van der Waals surface area contributed by atoms with Crippen molar-refractivity contribution < 1.29 is 37.3 Å². The van der Waals surface area contributed by atoms with Crippen LogP contribution in [-0.4, -0.2) is 29.2 Å². The predicted octanol–water partition coefficient (Wildman–Crippen LogP) is 6.38. The van der Waals surface area contributed by atoms with Crippen LogP contribution in [0.1, 0.15) is 40.3 Å². The molecule has 9 heteroatoms. The average Bonchev–Trinajstić information content (AvgIpc) is 3.26. The second-order valence-electron chi connectivity index (χ2n) is 8.49. The highest BCUT2D eigenvalue weighted by Crippen LogP contribution is 2.39. The molecule has 1 atom stereocenters. The first-order chi connectivity index (χ1) is 17.2. The maximum absolute atomic E-state index is 13.6. The Kier molecular flexibility index (Phi) is 7.19. The fourth-order valence-electron chi connectivity index (χ4n) is 4.46. The monoisotopic (exact) mass is 499 g/mol. The van der Waals surface area contributed by atoms with E-state index < -0.39 is 23.8 Å². The lowest BCUT2D eigenvalue weighted by atomic mass is 10.0. The molecular formula is C27H24F3NO5. The molecule has 0 bridgehead atoms. The van der Waals surface area contributed by atoms with Gasteiger partial charge in [0.1, 0.15) is 11.5 Å². The summed E-state index contributed by atoms with van der Waals surface area (Å²) < 4.78 is 51.6. The maximum atomic E-state index is 13.6. The van der Waals surface area contributed by atoms with Gasteiger partial charge >= 0.3 is 18.2 Å². The van der Waals surface area contributed by atoms with E-state index in [1.54, 1.807) is 18.2 Å². The summed E-state index contributed by atoms with van der Waals surface area (Å²) in [5.74, 6) is -0.630. The largest absolute Gasteiger partial charge is 0.481 e. The summed E-state index contributed by atoms with van der Waals surface area (Å²) in [7, 11) is 1.23. The normalized spacial score (nSPS) is 14.7. The number of benzene rings is 3. The molecule has 36 heavy (non-hydrogen) atoms. The second kappa shape index (κ2) is 10.3. The molecule has 0 saturated heterocycles. The van der Waals surface area contributed by atoms with E-state index in [1.165, 1.54) is 24.1 Å². The number of carbonyl (C=O) groups is 2. The van der Waals surface area contributed by atoms with Crippen molar-refractivity contribution in [3.63, 3.8) is 0 Å². The number of amides is 1. The molecule has 1 aliphatic carbocycles. The molecule has 3 aromatic rings. The number of halogens is 3. The number of hydrogen-bond acceptors (Lipinski definition) is 4. The van der Waals surface area contributed by atoms with Gasteiger partial charge in [-0.25, -0.2) is 4.79 Å². The Balaban J connectivity index is 1.71. The quantitative estimate of drug-likeness (QED) is 0.408. The van der Waals surface area contributed by atoms with Crippen LogP contribution in [0.3, 0.4) is 0 Å². The lowest BCUT2D eigenvalue weighted by Gasteiger charge is -2.29. The van der Waals surface area contributed by atoms with E-state index in [0.29, 0.717) is 12.0 Å². The van der Waals surface area contributed by atoms with Crippen molar-refractivity contribution >= 4 is 12.1 Å². The van der Waals surface area contributed by atoms with Gasteiger partial charge in [0.2, 0.25) is 0 Å². The molecule has 4 rings (SSSR count). The molecule has 0 heterocycles. The van der Waals surface area contributed by atoms with Crippen molar-refractivity contribution in [2.75, 3.05) is 7.11 Å². The Morgan fingerprint density at radius 3 is 2.56 bits per heavy atom. The summed E-state index contributed by atoms with van der Waals surface area (Å²) in [6.07, 6.45) is -4.14. The second-order valence-corrected chi connectivity index (χ2v) is 8.49. The Hall–Kier alpha value is -4.01. The highest BCUT2D eigenvalue weighted by atomic mass is 19.4. The molecule has 0 aliphatic heterocycles. The molecule has 188 valence electrons. The van der Waals surface area contributed by atoms with Crippen LogP contribution in [0.5, 0.6) is 11.5 Å². The molecular weight excluding hydrogens is 475 g/mol. The van der Waals surface area contributed by atoms with E-state index in [-0.39, 0.29) is 36.1 Å². The van der Waals surface area contributed by atoms with Crippen LogP contribution in [0.15, 0.2) is 66.7 Å². The van der Waals surface area contributed by atoms with Crippen molar-refractivity contribution in [3.05, 3.63) is 94.5 Å². The van der Waals surface area contributed by atoms with Gasteiger partial charge in [0.25, 0.3) is 0 Å². The zero-order valence-corrected chi connectivity index (χ0v) is 19.4. The van der Waals surface area contributed by atoms with Crippen LogP contribution in [-0.2, 0) is 35.1 Å². The summed E-state index contributed by atoms with van der Waals surface area (Å²) in [5.41, 5.74) is 1.75. The SMILES string of the molecule is COC(=O)N(Cc1cc(C(F)(F)F)ccc1Oc1cccc(CC(=O)O)c1)[C@@H]1CCc2ccccc21. The lowest BCUT2D eigenvalue weighted by molar-refractivity contribution is -0.138. The molecule has 0 saturated carbocycles. The molecule has 6 nitrogen and oxygen atoms in total. The molecule has 1 aliphatic rings. The molecule has 0 radical (unpaired) electrons. The number of aryl methyl sites for hydroxylation is 1. The highest BCUT2D eigenvalue weighted by Gasteiger charge is 2.34. The number of carboxylic acid groups (broad SMARTS) is 1. The first-order valence-electron chi connectivity index (χ1n) is 11.3. The van der Waals surface area contributed by atoms with E-state index in [4.69, 9.17) is 14.6 Å². The van der Waals surface area contributed by atoms with Crippen molar-refractivity contribution in [1.29, 1.82) is 0 Å². The topological polar surface area (TPSA) is 76.1 Å². The molecule has 0 fully saturated rings. The number of carbonyl (C=O) groups excluding carboxylic acids is 1. The minimum atomic E-state index is -4.59. The van der Waals surface area contributed by atoms with Crippen LogP contribution in [0, 0.1) is 0 Å². The molecule has 0 spiro atoms. The first-order valence-corrected chi connectivity index (χ1v) is 11.3. The van der Waals surface area contributed by atoms with E-state index in [9.17, 15) is 22.8 Å². The molecule has 0 aromatic heterocycles. The standard InChI is InChI=1S/C27H24F3NO5/c1-35-26(34)31(23-11-9-18-6-2-3-8-22(18)23)16-19-15-20(27(28,29)30)10-12-24(19)36-21-7-4-5-17(13-21)14-25(32)33/h2-8,10,12-13,15,23H,9,11,14,16H2,1H3,(H,32,33)/t23-/m1/s1. The van der Waals surface area contributed by atoms with Crippen molar-refractivity contribution in [2.24, 2.45) is 0 Å². The van der Waals surface area contributed by atoms with E-state index >= 15 is 0 Å². The first kappa shape index (κ1) is 25.1. The summed E-state index contributed by atoms with van der Waals surface area (Å²) in [6.45, 7) is -0.181. The fourth-order valence-corrected chi connectivity index (χ4v) is 4.46. The number of aliphatic carboxylic acids is 1. The van der Waals surface area contributed by atoms with Gasteiger partial charge in [-0.2, -0.15) is 13.2 Å². The Morgan fingerprint density at radius 2 is 1.83 bits per heavy atom. The van der Waals surface area contributed by atoms with Gasteiger partial charge in [0.05, 0.1) is 31.7 Å². The van der Waals surface area contributed by atoms with Gasteiger partial charge in [-0.05, 0) is 59.9 Å². The Morgan fingerprint density at radius 1 is 1.06 bits per heavy atom. The Labute approximate surface area is 205 Å². The number of rotatable bonds is 7. The number of fused-ring (bicyclic) bond motifs is 1. The minimum absolute atomic E-state index is 0.121. The van der Waals surface area contributed by atoms with Crippen molar-refractivity contribution in [1.82, 2.24) is 4.90 Å². The van der Waals surface area contributed by atoms with E-state index in [2.05, 4.69) is 0 Å². The highest BCUT2D eigenvalue weighted by molar-refractivity contribution is 5.70. The van der Waals surface area contributed by atoms with Gasteiger partial charge in [-0.15, -0.1) is 0 Å². The number of ether oxygens (including phenoxy) is 2.